The lowest BCUT2D eigenvalue weighted by Crippen LogP contribution is -2.24. The minimum Gasteiger partial charge on any atom is -0.374 e. The van der Waals surface area contributed by atoms with Gasteiger partial charge in [0.25, 0.3) is 5.69 Å². The summed E-state index contributed by atoms with van der Waals surface area (Å²) in [7, 11) is 2.85. The zero-order chi connectivity index (χ0) is 13.7. The summed E-state index contributed by atoms with van der Waals surface area (Å²) in [5, 5.41) is 13.2. The first-order valence-corrected chi connectivity index (χ1v) is 5.30. The average molecular weight is 279 g/mol. The number of benzene rings is 1. The van der Waals surface area contributed by atoms with E-state index in [0.717, 1.165) is 12.1 Å². The van der Waals surface area contributed by atoms with Gasteiger partial charge in [-0.3, -0.25) is 10.1 Å². The topological polar surface area (TPSA) is 73.6 Å². The molecule has 0 heterocycles. The first-order chi connectivity index (χ1) is 8.49. The molecule has 0 aliphatic carbocycles. The minimum atomic E-state index is -0.740. The van der Waals surface area contributed by atoms with Crippen molar-refractivity contribution in [1.29, 1.82) is 0 Å². The Bertz CT molecular complexity index is 440. The van der Waals surface area contributed by atoms with Crippen LogP contribution in [0.15, 0.2) is 12.1 Å². The third-order valence-corrected chi connectivity index (χ3v) is 2.51. The van der Waals surface area contributed by atoms with Gasteiger partial charge in [-0.05, 0) is 0 Å². The fourth-order valence-electron chi connectivity index (χ4n) is 1.29. The molecule has 0 unspecified atom stereocenters. The summed E-state index contributed by atoms with van der Waals surface area (Å²) >= 11 is 5.49. The summed E-state index contributed by atoms with van der Waals surface area (Å²) in [6.07, 6.45) is -0.594. The number of rotatable bonds is 6. The highest BCUT2D eigenvalue weighted by Crippen LogP contribution is 2.30. The number of anilines is 1. The van der Waals surface area contributed by atoms with Crippen molar-refractivity contribution in [2.75, 3.05) is 26.1 Å². The van der Waals surface area contributed by atoms with E-state index in [1.54, 1.807) is 0 Å². The molecule has 0 atom stereocenters. The fourth-order valence-corrected chi connectivity index (χ4v) is 1.44. The smallest absolute Gasteiger partial charge is 0.294 e. The molecule has 0 spiro atoms. The largest absolute Gasteiger partial charge is 0.374 e. The van der Waals surface area contributed by atoms with Crippen LogP contribution in [-0.2, 0) is 9.47 Å². The highest BCUT2D eigenvalue weighted by atomic mass is 35.5. The SMILES string of the molecule is COC(CNc1cc(F)c(Cl)cc1[N+](=O)[O-])OC. The Morgan fingerprint density at radius 3 is 2.61 bits per heavy atom. The second kappa shape index (κ2) is 6.48. The van der Waals surface area contributed by atoms with Gasteiger partial charge in [0.2, 0.25) is 0 Å². The van der Waals surface area contributed by atoms with Crippen molar-refractivity contribution in [3.05, 3.63) is 33.1 Å². The zero-order valence-corrected chi connectivity index (χ0v) is 10.5. The predicted molar refractivity (Wildman–Crippen MR) is 64.4 cm³/mol. The molecule has 0 saturated heterocycles. The Labute approximate surface area is 108 Å². The van der Waals surface area contributed by atoms with E-state index in [1.165, 1.54) is 14.2 Å². The van der Waals surface area contributed by atoms with Gasteiger partial charge in [-0.25, -0.2) is 4.39 Å². The van der Waals surface area contributed by atoms with E-state index in [4.69, 9.17) is 21.1 Å². The van der Waals surface area contributed by atoms with E-state index in [0.29, 0.717) is 0 Å². The Kier molecular flexibility index (Phi) is 5.26. The van der Waals surface area contributed by atoms with Crippen molar-refractivity contribution in [3.8, 4) is 0 Å². The molecular weight excluding hydrogens is 267 g/mol. The van der Waals surface area contributed by atoms with Crippen LogP contribution in [-0.4, -0.2) is 32.0 Å². The molecule has 18 heavy (non-hydrogen) atoms. The number of ether oxygens (including phenoxy) is 2. The third kappa shape index (κ3) is 3.52. The van der Waals surface area contributed by atoms with E-state index in [9.17, 15) is 14.5 Å². The lowest BCUT2D eigenvalue weighted by molar-refractivity contribution is -0.384. The second-order valence-corrected chi connectivity index (χ2v) is 3.73. The summed E-state index contributed by atoms with van der Waals surface area (Å²) in [5.74, 6) is -0.740. The van der Waals surface area contributed by atoms with E-state index in [2.05, 4.69) is 5.32 Å². The van der Waals surface area contributed by atoms with E-state index in [1.807, 2.05) is 0 Å². The summed E-state index contributed by atoms with van der Waals surface area (Å²) in [6.45, 7) is 0.134. The van der Waals surface area contributed by atoms with Crippen molar-refractivity contribution in [1.82, 2.24) is 0 Å². The molecular formula is C10H12ClFN2O4. The van der Waals surface area contributed by atoms with Gasteiger partial charge in [0.15, 0.2) is 6.29 Å². The quantitative estimate of drug-likeness (QED) is 0.491. The summed E-state index contributed by atoms with van der Waals surface area (Å²) in [5.41, 5.74) is -0.298. The molecule has 0 bridgehead atoms. The van der Waals surface area contributed by atoms with Crippen LogP contribution in [0.25, 0.3) is 0 Å². The van der Waals surface area contributed by atoms with Gasteiger partial charge in [-0.15, -0.1) is 0 Å². The zero-order valence-electron chi connectivity index (χ0n) is 9.78. The third-order valence-electron chi connectivity index (χ3n) is 2.22. The first-order valence-electron chi connectivity index (χ1n) is 4.92. The number of hydrogen-bond donors (Lipinski definition) is 1. The standard InChI is InChI=1S/C10H12ClFN2O4/c1-17-10(18-2)5-13-8-4-7(12)6(11)3-9(8)14(15)16/h3-4,10,13H,5H2,1-2H3. The molecule has 0 aliphatic heterocycles. The van der Waals surface area contributed by atoms with Gasteiger partial charge >= 0.3 is 0 Å². The number of nitrogens with one attached hydrogen (secondary N) is 1. The Balaban J connectivity index is 2.93. The molecule has 0 aromatic heterocycles. The summed E-state index contributed by atoms with van der Waals surface area (Å²) in [4.78, 5) is 10.1. The molecule has 1 aromatic rings. The van der Waals surface area contributed by atoms with Gasteiger partial charge in [0, 0.05) is 26.4 Å². The average Bonchev–Trinajstić information content (AvgIpc) is 2.34. The first kappa shape index (κ1) is 14.6. The lowest BCUT2D eigenvalue weighted by atomic mass is 10.2. The minimum absolute atomic E-state index is 0.0148. The van der Waals surface area contributed by atoms with E-state index < -0.39 is 17.0 Å². The van der Waals surface area contributed by atoms with Gasteiger partial charge in [0.05, 0.1) is 16.5 Å². The van der Waals surface area contributed by atoms with Crippen LogP contribution in [0.5, 0.6) is 0 Å². The lowest BCUT2D eigenvalue weighted by Gasteiger charge is -2.15. The molecule has 0 aliphatic rings. The molecule has 1 rings (SSSR count). The van der Waals surface area contributed by atoms with Crippen LogP contribution in [0.3, 0.4) is 0 Å². The summed E-state index contributed by atoms with van der Waals surface area (Å²) < 4.78 is 23.1. The van der Waals surface area contributed by atoms with Crippen molar-refractivity contribution in [3.63, 3.8) is 0 Å². The monoisotopic (exact) mass is 278 g/mol. The van der Waals surface area contributed by atoms with Crippen molar-refractivity contribution >= 4 is 23.0 Å². The van der Waals surface area contributed by atoms with Gasteiger partial charge in [0.1, 0.15) is 11.5 Å². The maximum absolute atomic E-state index is 13.3. The van der Waals surface area contributed by atoms with E-state index >= 15 is 0 Å². The van der Waals surface area contributed by atoms with Crippen LogP contribution in [0.2, 0.25) is 5.02 Å². The number of halogens is 2. The van der Waals surface area contributed by atoms with Crippen LogP contribution in [0.4, 0.5) is 15.8 Å². The van der Waals surface area contributed by atoms with Crippen molar-refractivity contribution < 1.29 is 18.8 Å². The molecule has 6 nitrogen and oxygen atoms in total. The van der Waals surface area contributed by atoms with Gasteiger partial charge in [-0.1, -0.05) is 11.6 Å². The van der Waals surface area contributed by atoms with Crippen molar-refractivity contribution in [2.24, 2.45) is 0 Å². The van der Waals surface area contributed by atoms with E-state index in [-0.39, 0.29) is 22.9 Å². The highest BCUT2D eigenvalue weighted by molar-refractivity contribution is 6.31. The second-order valence-electron chi connectivity index (χ2n) is 3.32. The molecule has 100 valence electrons. The number of nitro benzene ring substituents is 1. The Hall–Kier alpha value is -1.44. The molecule has 1 N–H and O–H groups in total. The number of hydrogen-bond acceptors (Lipinski definition) is 5. The van der Waals surface area contributed by atoms with Crippen LogP contribution in [0, 0.1) is 15.9 Å². The Morgan fingerprint density at radius 1 is 1.50 bits per heavy atom. The molecule has 8 heteroatoms. The number of nitro groups is 1. The van der Waals surface area contributed by atoms with Gasteiger partial charge < -0.3 is 14.8 Å². The normalized spacial score (nSPS) is 10.7. The maximum Gasteiger partial charge on any atom is 0.294 e. The molecule has 0 radical (unpaired) electrons. The van der Waals surface area contributed by atoms with Crippen molar-refractivity contribution in [2.45, 2.75) is 6.29 Å². The van der Waals surface area contributed by atoms with Crippen LogP contribution in [0.1, 0.15) is 0 Å². The fraction of sp³-hybridized carbons (Fsp3) is 0.400. The van der Waals surface area contributed by atoms with Crippen LogP contribution >= 0.6 is 11.6 Å². The van der Waals surface area contributed by atoms with Gasteiger partial charge in [-0.2, -0.15) is 0 Å². The highest BCUT2D eigenvalue weighted by Gasteiger charge is 2.18. The predicted octanol–water partition coefficient (Wildman–Crippen LogP) is 2.42. The molecule has 1 aromatic carbocycles. The molecule has 0 amide bonds. The van der Waals surface area contributed by atoms with Crippen LogP contribution < -0.4 is 5.32 Å². The molecule has 0 fully saturated rings. The number of methoxy groups -OCH3 is 2. The maximum atomic E-state index is 13.3. The Morgan fingerprint density at radius 2 is 2.11 bits per heavy atom. The summed E-state index contributed by atoms with van der Waals surface area (Å²) in [6, 6.07) is 1.91. The number of nitrogens with zero attached hydrogens (tertiary/aromatic N) is 1. The molecule has 0 saturated carbocycles.